The number of rotatable bonds is 6. The molecule has 0 radical (unpaired) electrons. The number of ether oxygens (including phenoxy) is 1. The quantitative estimate of drug-likeness (QED) is 0.804. The molecule has 2 rings (SSSR count). The monoisotopic (exact) mass is 402 g/mol. The van der Waals surface area contributed by atoms with Crippen molar-refractivity contribution in [2.45, 2.75) is 4.90 Å². The minimum Gasteiger partial charge on any atom is -0.484 e. The van der Waals surface area contributed by atoms with Gasteiger partial charge in [0.15, 0.2) is 6.61 Å². The molecule has 0 aliphatic heterocycles. The van der Waals surface area contributed by atoms with Crippen molar-refractivity contribution >= 4 is 44.8 Å². The highest BCUT2D eigenvalue weighted by molar-refractivity contribution is 7.92. The number of hydrogen-bond acceptors (Lipinski definition) is 4. The molecule has 0 aromatic heterocycles. The van der Waals surface area contributed by atoms with Crippen LogP contribution in [0.1, 0.15) is 0 Å². The normalized spacial score (nSPS) is 11.0. The number of amides is 1. The van der Waals surface area contributed by atoms with Crippen LogP contribution in [0.15, 0.2) is 47.4 Å². The number of nitrogens with zero attached hydrogens (tertiary/aromatic N) is 1. The van der Waals surface area contributed by atoms with Crippen LogP contribution in [0.2, 0.25) is 10.0 Å². The molecule has 134 valence electrons. The number of halogens is 2. The van der Waals surface area contributed by atoms with Gasteiger partial charge < -0.3 is 9.64 Å². The zero-order chi connectivity index (χ0) is 18.6. The Morgan fingerprint density at radius 1 is 1.08 bits per heavy atom. The number of hydrogen-bond donors (Lipinski definition) is 1. The standard InChI is InChI=1S/C16H16Cl2N2O4S/c1-20(2)16(21)10-24-14-3-5-15(6-4-14)25(22,23)19-13-8-11(17)7-12(18)9-13/h3-9,19H,10H2,1-2H3. The lowest BCUT2D eigenvalue weighted by atomic mass is 10.3. The second-order valence-electron chi connectivity index (χ2n) is 5.31. The van der Waals surface area contributed by atoms with E-state index in [4.69, 9.17) is 27.9 Å². The number of likely N-dealkylation sites (N-methyl/N-ethyl adjacent to an activating group) is 1. The Labute approximate surface area is 156 Å². The van der Waals surface area contributed by atoms with E-state index in [1.165, 1.54) is 47.4 Å². The lowest BCUT2D eigenvalue weighted by molar-refractivity contribution is -0.130. The van der Waals surface area contributed by atoms with Gasteiger partial charge in [0, 0.05) is 24.1 Å². The van der Waals surface area contributed by atoms with Gasteiger partial charge in [0.2, 0.25) is 0 Å². The van der Waals surface area contributed by atoms with Gasteiger partial charge in [-0.3, -0.25) is 9.52 Å². The van der Waals surface area contributed by atoms with Gasteiger partial charge in [0.25, 0.3) is 15.9 Å². The minimum absolute atomic E-state index is 0.0369. The molecule has 2 aromatic carbocycles. The van der Waals surface area contributed by atoms with Crippen LogP contribution >= 0.6 is 23.2 Å². The zero-order valence-corrected chi connectivity index (χ0v) is 15.8. The maximum absolute atomic E-state index is 12.4. The van der Waals surface area contributed by atoms with E-state index < -0.39 is 10.0 Å². The summed E-state index contributed by atoms with van der Waals surface area (Å²) < 4.78 is 32.5. The van der Waals surface area contributed by atoms with E-state index in [0.29, 0.717) is 15.8 Å². The first-order chi connectivity index (χ1) is 11.7. The van der Waals surface area contributed by atoms with Crippen LogP contribution in [0.3, 0.4) is 0 Å². The first kappa shape index (κ1) is 19.4. The summed E-state index contributed by atoms with van der Waals surface area (Å²) >= 11 is 11.7. The summed E-state index contributed by atoms with van der Waals surface area (Å²) in [6.07, 6.45) is 0. The molecule has 0 heterocycles. The Kier molecular flexibility index (Phi) is 6.16. The molecule has 1 N–H and O–H groups in total. The van der Waals surface area contributed by atoms with E-state index in [1.807, 2.05) is 0 Å². The van der Waals surface area contributed by atoms with E-state index in [2.05, 4.69) is 4.72 Å². The highest BCUT2D eigenvalue weighted by Gasteiger charge is 2.15. The maximum atomic E-state index is 12.4. The molecule has 0 saturated carbocycles. The molecule has 0 spiro atoms. The molecule has 0 unspecified atom stereocenters. The predicted molar refractivity (Wildman–Crippen MR) is 97.9 cm³/mol. The van der Waals surface area contributed by atoms with Crippen molar-refractivity contribution in [2.24, 2.45) is 0 Å². The number of benzene rings is 2. The van der Waals surface area contributed by atoms with Gasteiger partial charge in [-0.15, -0.1) is 0 Å². The van der Waals surface area contributed by atoms with Crippen LogP contribution in [0, 0.1) is 0 Å². The lowest BCUT2D eigenvalue weighted by Gasteiger charge is -2.12. The summed E-state index contributed by atoms with van der Waals surface area (Å²) in [4.78, 5) is 12.9. The smallest absolute Gasteiger partial charge is 0.261 e. The molecular weight excluding hydrogens is 387 g/mol. The van der Waals surface area contributed by atoms with Gasteiger partial charge in [-0.1, -0.05) is 23.2 Å². The van der Waals surface area contributed by atoms with Gasteiger partial charge in [0.05, 0.1) is 10.6 Å². The lowest BCUT2D eigenvalue weighted by Crippen LogP contribution is -2.27. The topological polar surface area (TPSA) is 75.7 Å². The molecule has 0 aliphatic carbocycles. The molecule has 25 heavy (non-hydrogen) atoms. The summed E-state index contributed by atoms with van der Waals surface area (Å²) in [5.41, 5.74) is 0.259. The van der Waals surface area contributed by atoms with Gasteiger partial charge in [0.1, 0.15) is 5.75 Å². The van der Waals surface area contributed by atoms with Gasteiger partial charge >= 0.3 is 0 Å². The summed E-state index contributed by atoms with van der Waals surface area (Å²) in [5, 5.41) is 0.638. The second kappa shape index (κ2) is 7.95. The first-order valence-corrected chi connectivity index (χ1v) is 9.33. The van der Waals surface area contributed by atoms with Crippen molar-refractivity contribution < 1.29 is 17.9 Å². The fourth-order valence-corrected chi connectivity index (χ4v) is 3.38. The SMILES string of the molecule is CN(C)C(=O)COc1ccc(S(=O)(=O)Nc2cc(Cl)cc(Cl)c2)cc1. The van der Waals surface area contributed by atoms with Crippen molar-refractivity contribution in [3.05, 3.63) is 52.5 Å². The molecule has 2 aromatic rings. The molecule has 9 heteroatoms. The average Bonchev–Trinajstić information content (AvgIpc) is 2.51. The molecule has 1 amide bonds. The van der Waals surface area contributed by atoms with Gasteiger partial charge in [-0.2, -0.15) is 0 Å². The van der Waals surface area contributed by atoms with E-state index in [1.54, 1.807) is 14.1 Å². The van der Waals surface area contributed by atoms with Crippen molar-refractivity contribution in [3.63, 3.8) is 0 Å². The average molecular weight is 403 g/mol. The van der Waals surface area contributed by atoms with Crippen molar-refractivity contribution in [3.8, 4) is 5.75 Å². The number of anilines is 1. The Morgan fingerprint density at radius 3 is 2.16 bits per heavy atom. The maximum Gasteiger partial charge on any atom is 0.261 e. The molecule has 0 fully saturated rings. The van der Waals surface area contributed by atoms with E-state index in [-0.39, 0.29) is 23.1 Å². The fourth-order valence-electron chi connectivity index (χ4n) is 1.82. The summed E-state index contributed by atoms with van der Waals surface area (Å²) in [5.74, 6) is 0.191. The summed E-state index contributed by atoms with van der Waals surface area (Å²) in [6.45, 7) is -0.127. The van der Waals surface area contributed by atoms with Crippen molar-refractivity contribution in [2.75, 3.05) is 25.4 Å². The van der Waals surface area contributed by atoms with E-state index in [9.17, 15) is 13.2 Å². The van der Waals surface area contributed by atoms with Crippen molar-refractivity contribution in [1.29, 1.82) is 0 Å². The Hall–Kier alpha value is -1.96. The Bertz CT molecular complexity index is 848. The third-order valence-electron chi connectivity index (χ3n) is 3.11. The minimum atomic E-state index is -3.81. The Balaban J connectivity index is 2.10. The molecular formula is C16H16Cl2N2O4S. The highest BCUT2D eigenvalue weighted by Crippen LogP contribution is 2.25. The number of carbonyl (C=O) groups excluding carboxylic acids is 1. The van der Waals surface area contributed by atoms with Crippen LogP contribution in [0.25, 0.3) is 0 Å². The molecule has 0 atom stereocenters. The third kappa shape index (κ3) is 5.52. The highest BCUT2D eigenvalue weighted by atomic mass is 35.5. The fraction of sp³-hybridized carbons (Fsp3) is 0.188. The van der Waals surface area contributed by atoms with Crippen LogP contribution in [-0.4, -0.2) is 39.9 Å². The number of nitrogens with one attached hydrogen (secondary N) is 1. The molecule has 0 aliphatic rings. The first-order valence-electron chi connectivity index (χ1n) is 7.09. The predicted octanol–water partition coefficient (Wildman–Crippen LogP) is 3.26. The Morgan fingerprint density at radius 2 is 1.64 bits per heavy atom. The number of sulfonamides is 1. The second-order valence-corrected chi connectivity index (χ2v) is 7.87. The molecule has 6 nitrogen and oxygen atoms in total. The molecule has 0 bridgehead atoms. The van der Waals surface area contributed by atoms with Gasteiger partial charge in [-0.25, -0.2) is 8.42 Å². The van der Waals surface area contributed by atoms with E-state index in [0.717, 1.165) is 0 Å². The zero-order valence-electron chi connectivity index (χ0n) is 13.5. The van der Waals surface area contributed by atoms with Crippen molar-refractivity contribution in [1.82, 2.24) is 4.90 Å². The third-order valence-corrected chi connectivity index (χ3v) is 4.94. The van der Waals surface area contributed by atoms with Crippen LogP contribution in [0.4, 0.5) is 5.69 Å². The number of carbonyl (C=O) groups is 1. The van der Waals surface area contributed by atoms with Crippen LogP contribution in [0.5, 0.6) is 5.75 Å². The van der Waals surface area contributed by atoms with Crippen LogP contribution in [-0.2, 0) is 14.8 Å². The summed E-state index contributed by atoms with van der Waals surface area (Å²) in [6, 6.07) is 10.1. The van der Waals surface area contributed by atoms with Crippen LogP contribution < -0.4 is 9.46 Å². The van der Waals surface area contributed by atoms with E-state index >= 15 is 0 Å². The summed E-state index contributed by atoms with van der Waals surface area (Å²) in [7, 11) is -0.566. The molecule has 0 saturated heterocycles. The largest absolute Gasteiger partial charge is 0.484 e. The van der Waals surface area contributed by atoms with Gasteiger partial charge in [-0.05, 0) is 42.5 Å².